The average molecular weight is 195 g/mol. The maximum absolute atomic E-state index is 12.1. The van der Waals surface area contributed by atoms with Crippen molar-refractivity contribution in [3.63, 3.8) is 0 Å². The first-order chi connectivity index (χ1) is 6.65. The van der Waals surface area contributed by atoms with Crippen LogP contribution in [0.5, 0.6) is 0 Å². The van der Waals surface area contributed by atoms with Gasteiger partial charge in [-0.1, -0.05) is 38.1 Å². The van der Waals surface area contributed by atoms with Crippen LogP contribution in [0.4, 0.5) is 4.39 Å². The summed E-state index contributed by atoms with van der Waals surface area (Å²) < 4.78 is 12.1. The van der Waals surface area contributed by atoms with Gasteiger partial charge >= 0.3 is 0 Å². The molecule has 2 N–H and O–H groups in total. The first-order valence-electron chi connectivity index (χ1n) is 5.06. The van der Waals surface area contributed by atoms with E-state index in [9.17, 15) is 4.39 Å². The highest BCUT2D eigenvalue weighted by molar-refractivity contribution is 5.26. The van der Waals surface area contributed by atoms with E-state index in [1.807, 2.05) is 12.1 Å². The second-order valence-electron chi connectivity index (χ2n) is 3.91. The average Bonchev–Trinajstić information content (AvgIpc) is 2.18. The van der Waals surface area contributed by atoms with Crippen LogP contribution in [0.3, 0.4) is 0 Å². The topological polar surface area (TPSA) is 26.0 Å². The van der Waals surface area contributed by atoms with Crippen molar-refractivity contribution in [3.8, 4) is 0 Å². The molecule has 0 saturated heterocycles. The Morgan fingerprint density at radius 2 is 1.64 bits per heavy atom. The largest absolute Gasteiger partial charge is 0.324 e. The third-order valence-corrected chi connectivity index (χ3v) is 2.45. The summed E-state index contributed by atoms with van der Waals surface area (Å²) in [7, 11) is 0. The molecule has 0 aliphatic heterocycles. The van der Waals surface area contributed by atoms with Crippen molar-refractivity contribution >= 4 is 0 Å². The highest BCUT2D eigenvalue weighted by Gasteiger charge is 2.05. The molecule has 0 aliphatic carbocycles. The Labute approximate surface area is 85.1 Å². The maximum Gasteiger partial charge on any atom is 0.0912 e. The number of halogens is 1. The van der Waals surface area contributed by atoms with E-state index in [-0.39, 0.29) is 12.7 Å². The minimum absolute atomic E-state index is 0.166. The van der Waals surface area contributed by atoms with Gasteiger partial charge in [0, 0.05) is 6.04 Å². The van der Waals surface area contributed by atoms with E-state index < -0.39 is 0 Å². The van der Waals surface area contributed by atoms with E-state index >= 15 is 0 Å². The van der Waals surface area contributed by atoms with Gasteiger partial charge in [0.1, 0.15) is 0 Å². The van der Waals surface area contributed by atoms with Crippen LogP contribution in [0.25, 0.3) is 0 Å². The normalized spacial score (nSPS) is 13.2. The van der Waals surface area contributed by atoms with E-state index in [1.165, 1.54) is 5.56 Å². The summed E-state index contributed by atoms with van der Waals surface area (Å²) in [6.07, 6.45) is 0.404. The van der Waals surface area contributed by atoms with Crippen molar-refractivity contribution in [2.45, 2.75) is 32.2 Å². The SMILES string of the molecule is CC(C)c1ccc([C@H](N)CCF)cc1. The predicted molar refractivity (Wildman–Crippen MR) is 58.1 cm³/mol. The molecule has 0 aromatic heterocycles. The van der Waals surface area contributed by atoms with Gasteiger partial charge < -0.3 is 5.73 Å². The molecule has 1 nitrogen and oxygen atoms in total. The standard InChI is InChI=1S/C12H18FN/c1-9(2)10-3-5-11(6-4-10)12(14)7-8-13/h3-6,9,12H,7-8,14H2,1-2H3/t12-/m1/s1. The van der Waals surface area contributed by atoms with E-state index in [0.717, 1.165) is 5.56 Å². The molecule has 1 atom stereocenters. The second kappa shape index (κ2) is 5.11. The summed E-state index contributed by atoms with van der Waals surface area (Å²) in [5.74, 6) is 0.529. The highest BCUT2D eigenvalue weighted by atomic mass is 19.1. The first-order valence-corrected chi connectivity index (χ1v) is 5.06. The molecule has 0 aliphatic rings. The molecule has 0 heterocycles. The molecule has 0 amide bonds. The summed E-state index contributed by atoms with van der Waals surface area (Å²) >= 11 is 0. The first kappa shape index (κ1) is 11.2. The number of alkyl halides is 1. The predicted octanol–water partition coefficient (Wildman–Crippen LogP) is 3.17. The number of nitrogens with two attached hydrogens (primary N) is 1. The Kier molecular flexibility index (Phi) is 4.08. The lowest BCUT2D eigenvalue weighted by molar-refractivity contribution is 0.442. The van der Waals surface area contributed by atoms with Crippen molar-refractivity contribution < 1.29 is 4.39 Å². The quantitative estimate of drug-likeness (QED) is 0.784. The van der Waals surface area contributed by atoms with Gasteiger partial charge in [-0.05, 0) is 23.5 Å². The molecule has 0 radical (unpaired) electrons. The van der Waals surface area contributed by atoms with Crippen LogP contribution in [0.1, 0.15) is 43.4 Å². The van der Waals surface area contributed by atoms with Gasteiger partial charge in [0.2, 0.25) is 0 Å². The van der Waals surface area contributed by atoms with Crippen LogP contribution in [-0.4, -0.2) is 6.67 Å². The Morgan fingerprint density at radius 3 is 2.07 bits per heavy atom. The zero-order valence-corrected chi connectivity index (χ0v) is 8.83. The van der Waals surface area contributed by atoms with Crippen LogP contribution in [-0.2, 0) is 0 Å². The smallest absolute Gasteiger partial charge is 0.0912 e. The van der Waals surface area contributed by atoms with Gasteiger partial charge in [0.05, 0.1) is 6.67 Å². The molecule has 0 spiro atoms. The van der Waals surface area contributed by atoms with E-state index in [1.54, 1.807) is 0 Å². The molecule has 0 saturated carbocycles. The molecule has 1 aromatic rings. The molecule has 1 rings (SSSR count). The lowest BCUT2D eigenvalue weighted by Gasteiger charge is -2.11. The minimum atomic E-state index is -0.354. The van der Waals surface area contributed by atoms with E-state index in [0.29, 0.717) is 12.3 Å². The number of hydrogen-bond donors (Lipinski definition) is 1. The minimum Gasteiger partial charge on any atom is -0.324 e. The monoisotopic (exact) mass is 195 g/mol. The van der Waals surface area contributed by atoms with Gasteiger partial charge in [-0.25, -0.2) is 0 Å². The van der Waals surface area contributed by atoms with Crippen molar-refractivity contribution in [3.05, 3.63) is 35.4 Å². The molecule has 0 fully saturated rings. The summed E-state index contributed by atoms with van der Waals surface area (Å²) in [5, 5.41) is 0. The Bertz CT molecular complexity index is 266. The van der Waals surface area contributed by atoms with Crippen LogP contribution >= 0.6 is 0 Å². The number of benzene rings is 1. The van der Waals surface area contributed by atoms with Crippen LogP contribution < -0.4 is 5.73 Å². The Morgan fingerprint density at radius 1 is 1.14 bits per heavy atom. The van der Waals surface area contributed by atoms with Gasteiger partial charge in [-0.15, -0.1) is 0 Å². The molecule has 78 valence electrons. The molecular weight excluding hydrogens is 177 g/mol. The summed E-state index contributed by atoms with van der Waals surface area (Å²) in [6, 6.07) is 7.96. The van der Waals surface area contributed by atoms with E-state index in [2.05, 4.69) is 26.0 Å². The number of rotatable bonds is 4. The van der Waals surface area contributed by atoms with Crippen LogP contribution in [0, 0.1) is 0 Å². The molecule has 1 aromatic carbocycles. The molecule has 14 heavy (non-hydrogen) atoms. The van der Waals surface area contributed by atoms with Crippen molar-refractivity contribution in [2.24, 2.45) is 5.73 Å². The fourth-order valence-corrected chi connectivity index (χ4v) is 1.41. The lowest BCUT2D eigenvalue weighted by atomic mass is 9.98. The molecular formula is C12H18FN. The summed E-state index contributed by atoms with van der Waals surface area (Å²) in [4.78, 5) is 0. The zero-order valence-electron chi connectivity index (χ0n) is 8.83. The van der Waals surface area contributed by atoms with Gasteiger partial charge in [-0.3, -0.25) is 4.39 Å². The van der Waals surface area contributed by atoms with Gasteiger partial charge in [0.25, 0.3) is 0 Å². The second-order valence-corrected chi connectivity index (χ2v) is 3.91. The Balaban J connectivity index is 2.72. The highest BCUT2D eigenvalue weighted by Crippen LogP contribution is 2.19. The fourth-order valence-electron chi connectivity index (χ4n) is 1.41. The fraction of sp³-hybridized carbons (Fsp3) is 0.500. The lowest BCUT2D eigenvalue weighted by Crippen LogP contribution is -2.10. The zero-order chi connectivity index (χ0) is 10.6. The third-order valence-electron chi connectivity index (χ3n) is 2.45. The van der Waals surface area contributed by atoms with Crippen molar-refractivity contribution in [1.82, 2.24) is 0 Å². The number of hydrogen-bond acceptors (Lipinski definition) is 1. The maximum atomic E-state index is 12.1. The molecule has 0 bridgehead atoms. The summed E-state index contributed by atoms with van der Waals surface area (Å²) in [5.41, 5.74) is 8.10. The molecule has 2 heteroatoms. The van der Waals surface area contributed by atoms with E-state index in [4.69, 9.17) is 5.73 Å². The van der Waals surface area contributed by atoms with Crippen molar-refractivity contribution in [1.29, 1.82) is 0 Å². The van der Waals surface area contributed by atoms with Crippen molar-refractivity contribution in [2.75, 3.05) is 6.67 Å². The van der Waals surface area contributed by atoms with Gasteiger partial charge in [0.15, 0.2) is 0 Å². The van der Waals surface area contributed by atoms with Crippen LogP contribution in [0.2, 0.25) is 0 Å². The van der Waals surface area contributed by atoms with Gasteiger partial charge in [-0.2, -0.15) is 0 Å². The molecule has 0 unspecified atom stereocenters. The Hall–Kier alpha value is -0.890. The summed E-state index contributed by atoms with van der Waals surface area (Å²) in [6.45, 7) is 3.94. The van der Waals surface area contributed by atoms with Crippen LogP contribution in [0.15, 0.2) is 24.3 Å². The third kappa shape index (κ3) is 2.81.